The van der Waals surface area contributed by atoms with Gasteiger partial charge in [-0.2, -0.15) is 5.10 Å². The molecule has 0 atom stereocenters. The smallest absolute Gasteiger partial charge is 0.182 e. The molecule has 5 nitrogen and oxygen atoms in total. The summed E-state index contributed by atoms with van der Waals surface area (Å²) < 4.78 is 1.48. The first-order valence-corrected chi connectivity index (χ1v) is 4.78. The molecule has 0 fully saturated rings. The highest BCUT2D eigenvalue weighted by Gasteiger charge is 2.10. The molecule has 0 aliphatic carbocycles. The summed E-state index contributed by atoms with van der Waals surface area (Å²) in [4.78, 5) is 8.30. The number of thiocarbonyl (C=S) groups is 1. The Morgan fingerprint density at radius 3 is 2.73 bits per heavy atom. The van der Waals surface area contributed by atoms with Gasteiger partial charge in [0.25, 0.3) is 0 Å². The Labute approximate surface area is 95.9 Å². The third kappa shape index (κ3) is 1.95. The standard InChI is InChI=1S/C8H6ClN5S/c9-5-3-13-14(4-5)8-6(7(10)15)11-1-2-12-8/h1-4H,(H2,10,15). The van der Waals surface area contributed by atoms with Crippen LogP contribution in [-0.4, -0.2) is 24.7 Å². The molecule has 7 heteroatoms. The maximum absolute atomic E-state index is 5.75. The monoisotopic (exact) mass is 239 g/mol. The Kier molecular flexibility index (Phi) is 2.61. The van der Waals surface area contributed by atoms with E-state index in [2.05, 4.69) is 15.1 Å². The van der Waals surface area contributed by atoms with Crippen molar-refractivity contribution in [2.45, 2.75) is 0 Å². The van der Waals surface area contributed by atoms with Crippen LogP contribution < -0.4 is 5.73 Å². The van der Waals surface area contributed by atoms with Crippen molar-refractivity contribution in [3.05, 3.63) is 35.5 Å². The molecule has 0 aromatic carbocycles. The molecule has 0 amide bonds. The van der Waals surface area contributed by atoms with Crippen LogP contribution in [-0.2, 0) is 0 Å². The summed E-state index contributed by atoms with van der Waals surface area (Å²) in [5.74, 6) is 0.469. The number of halogens is 1. The molecule has 0 bridgehead atoms. The lowest BCUT2D eigenvalue weighted by atomic mass is 10.4. The summed E-state index contributed by atoms with van der Waals surface area (Å²) in [6.07, 6.45) is 6.16. The van der Waals surface area contributed by atoms with E-state index in [1.54, 1.807) is 6.20 Å². The third-order valence-electron chi connectivity index (χ3n) is 1.68. The van der Waals surface area contributed by atoms with E-state index in [-0.39, 0.29) is 4.99 Å². The van der Waals surface area contributed by atoms with Crippen LogP contribution in [0, 0.1) is 0 Å². The van der Waals surface area contributed by atoms with Crippen LogP contribution >= 0.6 is 23.8 Å². The molecule has 2 heterocycles. The van der Waals surface area contributed by atoms with Gasteiger partial charge in [0, 0.05) is 12.4 Å². The minimum absolute atomic E-state index is 0.171. The molecule has 2 N–H and O–H groups in total. The lowest BCUT2D eigenvalue weighted by Gasteiger charge is -2.04. The Morgan fingerprint density at radius 2 is 2.13 bits per heavy atom. The molecule has 0 saturated heterocycles. The van der Waals surface area contributed by atoms with Gasteiger partial charge in [-0.15, -0.1) is 0 Å². The van der Waals surface area contributed by atoms with Gasteiger partial charge in [-0.05, 0) is 0 Å². The number of nitrogens with zero attached hydrogens (tertiary/aromatic N) is 4. The largest absolute Gasteiger partial charge is 0.388 e. The average molecular weight is 240 g/mol. The van der Waals surface area contributed by atoms with Crippen LogP contribution in [0.25, 0.3) is 5.82 Å². The SMILES string of the molecule is NC(=S)c1nccnc1-n1cc(Cl)cn1. The summed E-state index contributed by atoms with van der Waals surface area (Å²) in [7, 11) is 0. The predicted molar refractivity (Wildman–Crippen MR) is 60.1 cm³/mol. The molecule has 0 aliphatic heterocycles. The van der Waals surface area contributed by atoms with Crippen molar-refractivity contribution in [3.63, 3.8) is 0 Å². The fourth-order valence-electron chi connectivity index (χ4n) is 1.09. The van der Waals surface area contributed by atoms with Crippen molar-refractivity contribution < 1.29 is 0 Å². The highest BCUT2D eigenvalue weighted by atomic mass is 35.5. The van der Waals surface area contributed by atoms with Crippen molar-refractivity contribution in [2.75, 3.05) is 0 Å². The topological polar surface area (TPSA) is 69.6 Å². The second-order valence-electron chi connectivity index (χ2n) is 2.70. The molecule has 0 saturated carbocycles. The Morgan fingerprint density at radius 1 is 1.40 bits per heavy atom. The molecule has 0 unspecified atom stereocenters. The quantitative estimate of drug-likeness (QED) is 0.791. The first-order valence-electron chi connectivity index (χ1n) is 4.00. The fourth-order valence-corrected chi connectivity index (χ4v) is 1.37. The van der Waals surface area contributed by atoms with E-state index in [9.17, 15) is 0 Å². The summed E-state index contributed by atoms with van der Waals surface area (Å²) in [6.45, 7) is 0. The van der Waals surface area contributed by atoms with Crippen molar-refractivity contribution in [1.82, 2.24) is 19.7 Å². The van der Waals surface area contributed by atoms with E-state index in [0.29, 0.717) is 16.5 Å². The van der Waals surface area contributed by atoms with E-state index >= 15 is 0 Å². The van der Waals surface area contributed by atoms with Gasteiger partial charge in [0.05, 0.1) is 17.4 Å². The minimum atomic E-state index is 0.171. The summed E-state index contributed by atoms with van der Waals surface area (Å²) in [5, 5.41) is 4.50. The highest BCUT2D eigenvalue weighted by molar-refractivity contribution is 7.80. The van der Waals surface area contributed by atoms with Crippen molar-refractivity contribution >= 4 is 28.8 Å². The van der Waals surface area contributed by atoms with Crippen LogP contribution in [0.4, 0.5) is 0 Å². The molecule has 76 valence electrons. The van der Waals surface area contributed by atoms with E-state index in [0.717, 1.165) is 0 Å². The Bertz CT molecular complexity index is 509. The van der Waals surface area contributed by atoms with Gasteiger partial charge < -0.3 is 5.73 Å². The molecular formula is C8H6ClN5S. The zero-order chi connectivity index (χ0) is 10.8. The molecule has 0 aliphatic rings. The summed E-state index contributed by atoms with van der Waals surface area (Å²) in [6, 6.07) is 0. The Balaban J connectivity index is 2.57. The fraction of sp³-hybridized carbons (Fsp3) is 0. The lowest BCUT2D eigenvalue weighted by Crippen LogP contribution is -2.16. The van der Waals surface area contributed by atoms with Crippen molar-refractivity contribution in [1.29, 1.82) is 0 Å². The van der Waals surface area contributed by atoms with Crippen LogP contribution in [0.15, 0.2) is 24.8 Å². The average Bonchev–Trinajstić information content (AvgIpc) is 2.65. The van der Waals surface area contributed by atoms with Crippen molar-refractivity contribution in [2.24, 2.45) is 5.73 Å². The van der Waals surface area contributed by atoms with Crippen LogP contribution in [0.1, 0.15) is 5.69 Å². The van der Waals surface area contributed by atoms with Gasteiger partial charge >= 0.3 is 0 Å². The number of rotatable bonds is 2. The van der Waals surface area contributed by atoms with E-state index in [4.69, 9.17) is 29.6 Å². The molecular weight excluding hydrogens is 234 g/mol. The molecule has 0 radical (unpaired) electrons. The third-order valence-corrected chi connectivity index (χ3v) is 2.07. The summed E-state index contributed by atoms with van der Waals surface area (Å²) >= 11 is 10.6. The first-order chi connectivity index (χ1) is 7.18. The minimum Gasteiger partial charge on any atom is -0.388 e. The molecule has 0 spiro atoms. The van der Waals surface area contributed by atoms with Crippen LogP contribution in [0.2, 0.25) is 5.02 Å². The van der Waals surface area contributed by atoms with Crippen LogP contribution in [0.5, 0.6) is 0 Å². The number of aromatic nitrogens is 4. The Hall–Kier alpha value is -1.53. The maximum atomic E-state index is 5.75. The van der Waals surface area contributed by atoms with Gasteiger partial charge in [0.2, 0.25) is 0 Å². The lowest BCUT2D eigenvalue weighted by molar-refractivity contribution is 0.834. The zero-order valence-electron chi connectivity index (χ0n) is 7.46. The van der Waals surface area contributed by atoms with Crippen LogP contribution in [0.3, 0.4) is 0 Å². The zero-order valence-corrected chi connectivity index (χ0v) is 9.03. The predicted octanol–water partition coefficient (Wildman–Crippen LogP) is 0.950. The van der Waals surface area contributed by atoms with Gasteiger partial charge in [-0.25, -0.2) is 14.6 Å². The van der Waals surface area contributed by atoms with Gasteiger partial charge in [0.15, 0.2) is 5.82 Å². The van der Waals surface area contributed by atoms with E-state index in [1.807, 2.05) is 0 Å². The van der Waals surface area contributed by atoms with Crippen molar-refractivity contribution in [3.8, 4) is 5.82 Å². The number of nitrogens with two attached hydrogens (primary N) is 1. The second-order valence-corrected chi connectivity index (χ2v) is 3.57. The highest BCUT2D eigenvalue weighted by Crippen LogP contribution is 2.11. The number of hydrogen-bond donors (Lipinski definition) is 1. The molecule has 2 rings (SSSR count). The van der Waals surface area contributed by atoms with Gasteiger partial charge in [0.1, 0.15) is 10.7 Å². The molecule has 2 aromatic rings. The molecule has 15 heavy (non-hydrogen) atoms. The summed E-state index contributed by atoms with van der Waals surface area (Å²) in [5.41, 5.74) is 5.94. The van der Waals surface area contributed by atoms with Gasteiger partial charge in [-0.3, -0.25) is 0 Å². The van der Waals surface area contributed by atoms with E-state index < -0.39 is 0 Å². The maximum Gasteiger partial charge on any atom is 0.182 e. The first kappa shape index (κ1) is 10.0. The molecule has 2 aromatic heterocycles. The normalized spacial score (nSPS) is 10.2. The van der Waals surface area contributed by atoms with Gasteiger partial charge in [-0.1, -0.05) is 23.8 Å². The van der Waals surface area contributed by atoms with E-state index in [1.165, 1.54) is 23.3 Å². The number of hydrogen-bond acceptors (Lipinski definition) is 4. The second kappa shape index (κ2) is 3.92.